The van der Waals surface area contributed by atoms with Crippen molar-refractivity contribution in [3.05, 3.63) is 47.0 Å². The number of nitrogens with zero attached hydrogens (tertiary/aromatic N) is 1. The van der Waals surface area contributed by atoms with E-state index in [1.54, 1.807) is 0 Å². The van der Waals surface area contributed by atoms with E-state index in [1.807, 2.05) is 0 Å². The molecule has 0 spiro atoms. The highest BCUT2D eigenvalue weighted by molar-refractivity contribution is 5.90. The van der Waals surface area contributed by atoms with Crippen LogP contribution < -0.4 is 0 Å². The summed E-state index contributed by atoms with van der Waals surface area (Å²) in [5, 5.41) is 13.7. The summed E-state index contributed by atoms with van der Waals surface area (Å²) in [6.45, 7) is 5.48. The minimum atomic E-state index is -0.458. The van der Waals surface area contributed by atoms with E-state index < -0.39 is 6.10 Å². The summed E-state index contributed by atoms with van der Waals surface area (Å²) in [6.07, 6.45) is 4.40. The molecule has 4 rings (SSSR count). The van der Waals surface area contributed by atoms with Crippen LogP contribution in [0.2, 0.25) is 0 Å². The molecule has 0 radical (unpaired) electrons. The van der Waals surface area contributed by atoms with Crippen molar-refractivity contribution in [1.82, 2.24) is 4.90 Å². The van der Waals surface area contributed by atoms with Crippen LogP contribution in [0.1, 0.15) is 42.6 Å². The van der Waals surface area contributed by atoms with E-state index in [2.05, 4.69) is 42.2 Å². The quantitative estimate of drug-likeness (QED) is 0.938. The van der Waals surface area contributed by atoms with Crippen LogP contribution in [0, 0.1) is 0 Å². The van der Waals surface area contributed by atoms with Gasteiger partial charge in [-0.25, -0.2) is 0 Å². The molecule has 128 valence electrons. The largest absolute Gasteiger partial charge is 0.387 e. The minimum absolute atomic E-state index is 0.110. The number of aliphatic hydroxyl groups excluding tert-OH is 1. The molecule has 2 atom stereocenters. The van der Waals surface area contributed by atoms with Crippen molar-refractivity contribution in [1.29, 1.82) is 0 Å². The van der Waals surface area contributed by atoms with Gasteiger partial charge in [-0.2, -0.15) is 0 Å². The second-order valence-electron chi connectivity index (χ2n) is 7.19. The molecule has 2 aromatic rings. The number of aryl methyl sites for hydroxylation is 2. The molecule has 1 heterocycles. The third-order valence-electron chi connectivity index (χ3n) is 5.80. The molecule has 2 aliphatic rings. The molecule has 24 heavy (non-hydrogen) atoms. The maximum absolute atomic E-state index is 11.2. The molecule has 1 N–H and O–H groups in total. The van der Waals surface area contributed by atoms with Crippen LogP contribution in [0.3, 0.4) is 0 Å². The summed E-state index contributed by atoms with van der Waals surface area (Å²) < 4.78 is 5.46. The zero-order chi connectivity index (χ0) is 16.5. The molecule has 0 unspecified atom stereocenters. The molecular weight excluding hydrogens is 298 g/mol. The molecule has 0 bridgehead atoms. The van der Waals surface area contributed by atoms with Gasteiger partial charge in [0.2, 0.25) is 0 Å². The predicted molar refractivity (Wildman–Crippen MR) is 97.4 cm³/mol. The molecule has 0 aromatic heterocycles. The molecule has 1 fully saturated rings. The summed E-state index contributed by atoms with van der Waals surface area (Å²) in [7, 11) is 0. The van der Waals surface area contributed by atoms with Gasteiger partial charge >= 0.3 is 0 Å². The van der Waals surface area contributed by atoms with E-state index in [1.165, 1.54) is 41.2 Å². The van der Waals surface area contributed by atoms with Crippen LogP contribution in [0.4, 0.5) is 0 Å². The van der Waals surface area contributed by atoms with Crippen LogP contribution in [-0.4, -0.2) is 42.4 Å². The maximum atomic E-state index is 11.2. The van der Waals surface area contributed by atoms with Gasteiger partial charge in [-0.05, 0) is 60.1 Å². The highest BCUT2D eigenvalue weighted by Gasteiger charge is 2.27. The van der Waals surface area contributed by atoms with E-state index in [4.69, 9.17) is 4.74 Å². The summed E-state index contributed by atoms with van der Waals surface area (Å²) in [5.41, 5.74) is 4.06. The van der Waals surface area contributed by atoms with E-state index >= 15 is 0 Å². The van der Waals surface area contributed by atoms with Gasteiger partial charge in [0.15, 0.2) is 0 Å². The lowest BCUT2D eigenvalue weighted by molar-refractivity contribution is -0.0162. The predicted octanol–water partition coefficient (Wildman–Crippen LogP) is 3.47. The Morgan fingerprint density at radius 3 is 2.54 bits per heavy atom. The first-order valence-corrected chi connectivity index (χ1v) is 9.29. The van der Waals surface area contributed by atoms with Gasteiger partial charge < -0.3 is 9.84 Å². The fraction of sp³-hybridized carbons (Fsp3) is 0.524. The molecule has 0 amide bonds. The summed E-state index contributed by atoms with van der Waals surface area (Å²) in [5.74, 6) is 0. The number of fused-ring (bicyclic) bond motifs is 3. The number of aliphatic hydroxyl groups is 1. The van der Waals surface area contributed by atoms with Crippen LogP contribution in [0.25, 0.3) is 10.8 Å². The third kappa shape index (κ3) is 2.85. The SMILES string of the molecule is C[C@@H]([C@H](O)c1cc2c(c3ccccc13)CCCC2)N1CCOCC1. The van der Waals surface area contributed by atoms with Gasteiger partial charge in [0.05, 0.1) is 19.3 Å². The lowest BCUT2D eigenvalue weighted by atomic mass is 9.83. The van der Waals surface area contributed by atoms with E-state index in [9.17, 15) is 5.11 Å². The number of ether oxygens (including phenoxy) is 1. The summed E-state index contributed by atoms with van der Waals surface area (Å²) >= 11 is 0. The van der Waals surface area contributed by atoms with Crippen molar-refractivity contribution in [3.63, 3.8) is 0 Å². The van der Waals surface area contributed by atoms with Gasteiger partial charge in [0.1, 0.15) is 0 Å². The number of hydrogen-bond donors (Lipinski definition) is 1. The van der Waals surface area contributed by atoms with Gasteiger partial charge in [0, 0.05) is 19.1 Å². The number of hydrogen-bond acceptors (Lipinski definition) is 3. The molecule has 1 saturated heterocycles. The first-order valence-electron chi connectivity index (χ1n) is 9.29. The Labute approximate surface area is 144 Å². The van der Waals surface area contributed by atoms with Crippen molar-refractivity contribution in [2.24, 2.45) is 0 Å². The monoisotopic (exact) mass is 325 g/mol. The van der Waals surface area contributed by atoms with Crippen molar-refractivity contribution in [2.75, 3.05) is 26.3 Å². The van der Waals surface area contributed by atoms with Gasteiger partial charge in [-0.15, -0.1) is 0 Å². The smallest absolute Gasteiger partial charge is 0.0948 e. The summed E-state index contributed by atoms with van der Waals surface area (Å²) in [4.78, 5) is 2.35. The van der Waals surface area contributed by atoms with Crippen molar-refractivity contribution >= 4 is 10.8 Å². The molecule has 3 nitrogen and oxygen atoms in total. The lowest BCUT2D eigenvalue weighted by Crippen LogP contribution is -2.44. The standard InChI is InChI=1S/C21H27NO2/c1-15(22-10-12-24-13-11-22)21(23)20-14-16-6-2-3-7-17(16)18-8-4-5-9-19(18)20/h4-5,8-9,14-15,21,23H,2-3,6-7,10-13H2,1H3/t15-,21-/m0/s1. The Morgan fingerprint density at radius 1 is 1.04 bits per heavy atom. The van der Waals surface area contributed by atoms with Gasteiger partial charge in [-0.3, -0.25) is 4.90 Å². The number of morpholine rings is 1. The Hall–Kier alpha value is -1.42. The highest BCUT2D eigenvalue weighted by atomic mass is 16.5. The average molecular weight is 325 g/mol. The third-order valence-corrected chi connectivity index (χ3v) is 5.80. The molecule has 1 aliphatic carbocycles. The van der Waals surface area contributed by atoms with Crippen LogP contribution >= 0.6 is 0 Å². The van der Waals surface area contributed by atoms with Gasteiger partial charge in [-0.1, -0.05) is 30.3 Å². The molecule has 1 aliphatic heterocycles. The summed E-state index contributed by atoms with van der Waals surface area (Å²) in [6, 6.07) is 11.0. The van der Waals surface area contributed by atoms with Crippen molar-refractivity contribution in [2.45, 2.75) is 44.8 Å². The zero-order valence-corrected chi connectivity index (χ0v) is 14.5. The topological polar surface area (TPSA) is 32.7 Å². The lowest BCUT2D eigenvalue weighted by Gasteiger charge is -2.35. The van der Waals surface area contributed by atoms with E-state index in [0.29, 0.717) is 0 Å². The Kier molecular flexibility index (Phi) is 4.57. The van der Waals surface area contributed by atoms with E-state index in [0.717, 1.165) is 38.3 Å². The van der Waals surface area contributed by atoms with Crippen LogP contribution in [0.5, 0.6) is 0 Å². The molecule has 2 aromatic carbocycles. The number of rotatable bonds is 3. The maximum Gasteiger partial charge on any atom is 0.0948 e. The van der Waals surface area contributed by atoms with Gasteiger partial charge in [0.25, 0.3) is 0 Å². The molecule has 0 saturated carbocycles. The van der Waals surface area contributed by atoms with Crippen molar-refractivity contribution < 1.29 is 9.84 Å². The fourth-order valence-corrected chi connectivity index (χ4v) is 4.35. The Morgan fingerprint density at radius 2 is 1.75 bits per heavy atom. The first-order chi connectivity index (χ1) is 11.8. The number of benzene rings is 2. The normalized spacial score (nSPS) is 21.4. The highest BCUT2D eigenvalue weighted by Crippen LogP contribution is 2.35. The van der Waals surface area contributed by atoms with Crippen LogP contribution in [0.15, 0.2) is 30.3 Å². The average Bonchev–Trinajstić information content (AvgIpc) is 2.67. The zero-order valence-electron chi connectivity index (χ0n) is 14.5. The first kappa shape index (κ1) is 16.1. The fourth-order valence-electron chi connectivity index (χ4n) is 4.35. The Bertz CT molecular complexity index is 721. The molecular formula is C21H27NO2. The van der Waals surface area contributed by atoms with E-state index in [-0.39, 0.29) is 6.04 Å². The second-order valence-corrected chi connectivity index (χ2v) is 7.19. The second kappa shape index (κ2) is 6.83. The molecule has 3 heteroatoms. The van der Waals surface area contributed by atoms with Crippen LogP contribution in [-0.2, 0) is 17.6 Å². The van der Waals surface area contributed by atoms with Crippen molar-refractivity contribution in [3.8, 4) is 0 Å². The minimum Gasteiger partial charge on any atom is -0.387 e. The Balaban J connectivity index is 1.75.